The molecule has 0 saturated heterocycles. The summed E-state index contributed by atoms with van der Waals surface area (Å²) in [6.45, 7) is 1.58. The molecule has 0 aliphatic heterocycles. The van der Waals surface area contributed by atoms with Gasteiger partial charge in [-0.15, -0.1) is 0 Å². The summed E-state index contributed by atoms with van der Waals surface area (Å²) in [6, 6.07) is 6.66. The van der Waals surface area contributed by atoms with Crippen LogP contribution in [0.25, 0.3) is 10.9 Å². The van der Waals surface area contributed by atoms with Crippen molar-refractivity contribution in [2.24, 2.45) is 0 Å². The maximum absolute atomic E-state index is 11.8. The Morgan fingerprint density at radius 2 is 2.12 bits per heavy atom. The monoisotopic (exact) mass is 233 g/mol. The molecule has 2 rings (SSSR count). The van der Waals surface area contributed by atoms with Crippen LogP contribution in [0.3, 0.4) is 0 Å². The van der Waals surface area contributed by atoms with E-state index >= 15 is 0 Å². The van der Waals surface area contributed by atoms with E-state index in [1.807, 2.05) is 13.0 Å². The Kier molecular flexibility index (Phi) is 2.59. The molecule has 5 nitrogen and oxygen atoms in total. The minimum atomic E-state index is -0.806. The van der Waals surface area contributed by atoms with Gasteiger partial charge in [0.2, 0.25) is 0 Å². The van der Waals surface area contributed by atoms with Crippen molar-refractivity contribution in [3.05, 3.63) is 40.2 Å². The van der Waals surface area contributed by atoms with Gasteiger partial charge in [-0.3, -0.25) is 9.36 Å². The Labute approximate surface area is 97.1 Å². The Morgan fingerprint density at radius 3 is 2.76 bits per heavy atom. The number of nitrogens with two attached hydrogens (primary N) is 1. The topological polar surface area (TPSA) is 88.0 Å². The number of pyridine rings is 1. The third-order valence-corrected chi connectivity index (χ3v) is 2.65. The normalized spacial score (nSPS) is 10.6. The van der Waals surface area contributed by atoms with Gasteiger partial charge in [-0.1, -0.05) is 6.07 Å². The number of benzene rings is 1. The van der Waals surface area contributed by atoms with Crippen LogP contribution < -0.4 is 11.3 Å². The zero-order valence-corrected chi connectivity index (χ0v) is 9.36. The summed E-state index contributed by atoms with van der Waals surface area (Å²) in [6.07, 6.45) is 0. The molecule has 88 valence electrons. The van der Waals surface area contributed by atoms with Crippen molar-refractivity contribution in [3.8, 4) is 0 Å². The van der Waals surface area contributed by atoms with Gasteiger partial charge < -0.3 is 10.8 Å². The zero-order valence-electron chi connectivity index (χ0n) is 9.36. The van der Waals surface area contributed by atoms with E-state index in [0.29, 0.717) is 11.2 Å². The highest BCUT2D eigenvalue weighted by molar-refractivity contribution is 5.86. The van der Waals surface area contributed by atoms with E-state index in [1.165, 1.54) is 10.6 Å². The summed E-state index contributed by atoms with van der Waals surface area (Å²) in [5.41, 5.74) is 7.33. The summed E-state index contributed by atoms with van der Waals surface area (Å²) in [5.74, 6) is -0.806. The number of carbonyl (C=O) groups excluding carboxylic acids is 1. The average molecular weight is 233 g/mol. The van der Waals surface area contributed by atoms with Crippen molar-refractivity contribution < 1.29 is 9.90 Å². The molecule has 0 spiro atoms. The summed E-state index contributed by atoms with van der Waals surface area (Å²) in [7, 11) is 0. The average Bonchev–Trinajstić information content (AvgIpc) is 2.23. The van der Waals surface area contributed by atoms with Gasteiger partial charge in [0.15, 0.2) is 6.54 Å². The first-order valence-corrected chi connectivity index (χ1v) is 5.13. The largest absolute Gasteiger partial charge is 0.563 e. The second kappa shape index (κ2) is 3.93. The predicted octanol–water partition coefficient (Wildman–Crippen LogP) is 0.143. The lowest BCUT2D eigenvalue weighted by atomic mass is 10.1. The Morgan fingerprint density at radius 1 is 1.41 bits per heavy atom. The molecule has 0 aliphatic rings. The first kappa shape index (κ1) is 11.2. The third kappa shape index (κ3) is 1.99. The number of hydrogen-bond donors (Lipinski definition) is 1. The highest BCUT2D eigenvalue weighted by Gasteiger charge is 2.13. The van der Waals surface area contributed by atoms with Crippen LogP contribution in [0.5, 0.6) is 0 Å². The van der Waals surface area contributed by atoms with E-state index in [-0.39, 0.29) is 12.1 Å². The van der Waals surface area contributed by atoms with Crippen LogP contribution in [0.1, 0.15) is 5.56 Å². The van der Waals surface area contributed by atoms with E-state index in [9.17, 15) is 9.59 Å². The van der Waals surface area contributed by atoms with Gasteiger partial charge in [0.1, 0.15) is 0 Å². The second-order valence-electron chi connectivity index (χ2n) is 3.95. The molecule has 4 N–H and O–H groups in total. The van der Waals surface area contributed by atoms with Gasteiger partial charge in [-0.25, -0.2) is 0 Å². The lowest BCUT2D eigenvalue weighted by Gasteiger charge is -2.09. The first-order chi connectivity index (χ1) is 7.99. The van der Waals surface area contributed by atoms with Gasteiger partial charge in [0.25, 0.3) is 5.56 Å². The number of aryl methyl sites for hydroxylation is 1. The maximum atomic E-state index is 11.8. The van der Waals surface area contributed by atoms with Gasteiger partial charge in [-0.2, -0.15) is 0 Å². The molecule has 0 fully saturated rings. The van der Waals surface area contributed by atoms with Crippen molar-refractivity contribution in [2.75, 3.05) is 5.73 Å². The Hall–Kier alpha value is -2.30. The molecule has 1 heterocycles. The standard InChI is InChI=1S/C12H12N2O3/c1-7-4-11(15)14(6-12(16)17)10-5-8(13)2-3-9(7)10/h2-5H,6,13H2,1H3,(H,16,17)/p+1. The van der Waals surface area contributed by atoms with Crippen LogP contribution in [0.4, 0.5) is 5.69 Å². The lowest BCUT2D eigenvalue weighted by molar-refractivity contribution is -0.137. The van der Waals surface area contributed by atoms with Crippen LogP contribution in [-0.2, 0) is 11.3 Å². The van der Waals surface area contributed by atoms with Crippen molar-refractivity contribution in [1.82, 2.24) is 4.57 Å². The predicted molar refractivity (Wildman–Crippen MR) is 66.0 cm³/mol. The van der Waals surface area contributed by atoms with Gasteiger partial charge in [0.05, 0.1) is 5.52 Å². The Bertz CT molecular complexity index is 659. The number of nitrogen functional groups attached to an aromatic ring is 1. The van der Waals surface area contributed by atoms with E-state index in [2.05, 4.69) is 0 Å². The van der Waals surface area contributed by atoms with Crippen LogP contribution in [-0.4, -0.2) is 15.6 Å². The SMILES string of the molecule is Cc1cc(=O)n(CC(=O)[OH2+])c2cc(N)ccc12. The van der Waals surface area contributed by atoms with Gasteiger partial charge >= 0.3 is 5.97 Å². The number of aromatic nitrogens is 1. The molecule has 17 heavy (non-hydrogen) atoms. The second-order valence-corrected chi connectivity index (χ2v) is 3.95. The number of anilines is 1. The summed E-state index contributed by atoms with van der Waals surface area (Å²) in [4.78, 5) is 22.6. The van der Waals surface area contributed by atoms with Crippen molar-refractivity contribution >= 4 is 22.6 Å². The molecular weight excluding hydrogens is 220 g/mol. The summed E-state index contributed by atoms with van der Waals surface area (Å²) >= 11 is 0. The molecule has 0 radical (unpaired) electrons. The zero-order chi connectivity index (χ0) is 12.6. The molecule has 0 aliphatic carbocycles. The first-order valence-electron chi connectivity index (χ1n) is 5.13. The van der Waals surface area contributed by atoms with Crippen molar-refractivity contribution in [3.63, 3.8) is 0 Å². The molecule has 0 bridgehead atoms. The quantitative estimate of drug-likeness (QED) is 0.591. The molecule has 1 aromatic heterocycles. The molecule has 0 amide bonds. The van der Waals surface area contributed by atoms with Crippen molar-refractivity contribution in [1.29, 1.82) is 0 Å². The summed E-state index contributed by atoms with van der Waals surface area (Å²) < 4.78 is 1.27. The van der Waals surface area contributed by atoms with Gasteiger partial charge in [0, 0.05) is 21.9 Å². The van der Waals surface area contributed by atoms with Crippen LogP contribution in [0.15, 0.2) is 29.1 Å². The van der Waals surface area contributed by atoms with Crippen LogP contribution >= 0.6 is 0 Å². The highest BCUT2D eigenvalue weighted by atomic mass is 16.4. The summed E-state index contributed by atoms with van der Waals surface area (Å²) in [5, 5.41) is 7.83. The lowest BCUT2D eigenvalue weighted by Crippen LogP contribution is -2.24. The van der Waals surface area contributed by atoms with E-state index in [1.54, 1.807) is 12.1 Å². The number of rotatable bonds is 2. The van der Waals surface area contributed by atoms with Gasteiger partial charge in [-0.05, 0) is 24.6 Å². The molecule has 0 atom stereocenters. The Balaban J connectivity index is 2.85. The van der Waals surface area contributed by atoms with E-state index in [0.717, 1.165) is 10.9 Å². The fraction of sp³-hybridized carbons (Fsp3) is 0.167. The number of carbonyl (C=O) groups is 1. The molecule has 1 aromatic carbocycles. The number of hydrogen-bond acceptors (Lipinski definition) is 3. The van der Waals surface area contributed by atoms with Crippen LogP contribution in [0.2, 0.25) is 0 Å². The number of fused-ring (bicyclic) bond motifs is 1. The van der Waals surface area contributed by atoms with E-state index < -0.39 is 5.97 Å². The fourth-order valence-electron chi connectivity index (χ4n) is 1.87. The van der Waals surface area contributed by atoms with E-state index in [4.69, 9.17) is 10.8 Å². The molecule has 2 aromatic rings. The number of nitrogens with zero attached hydrogens (tertiary/aromatic N) is 1. The molecule has 5 heteroatoms. The fourth-order valence-corrected chi connectivity index (χ4v) is 1.87. The smallest absolute Gasteiger partial charge is 0.536 e. The highest BCUT2D eigenvalue weighted by Crippen LogP contribution is 2.19. The molecular formula is C12H13N2O3+. The van der Waals surface area contributed by atoms with Crippen molar-refractivity contribution in [2.45, 2.75) is 13.5 Å². The molecule has 0 unspecified atom stereocenters. The maximum Gasteiger partial charge on any atom is 0.536 e. The minimum absolute atomic E-state index is 0.251. The van der Waals surface area contributed by atoms with Crippen LogP contribution in [0, 0.1) is 6.92 Å². The third-order valence-electron chi connectivity index (χ3n) is 2.65. The molecule has 0 saturated carbocycles. The minimum Gasteiger partial charge on any atom is -0.563 e.